The molecule has 0 spiro atoms. The third-order valence-electron chi connectivity index (χ3n) is 4.02. The fourth-order valence-electron chi connectivity index (χ4n) is 2.94. The molecule has 3 rings (SSSR count). The van der Waals surface area contributed by atoms with Crippen LogP contribution in [0.3, 0.4) is 0 Å². The van der Waals surface area contributed by atoms with Crippen molar-refractivity contribution in [2.75, 3.05) is 7.11 Å². The van der Waals surface area contributed by atoms with Gasteiger partial charge in [0.15, 0.2) is 0 Å². The Hall–Kier alpha value is -1.62. The van der Waals surface area contributed by atoms with Crippen molar-refractivity contribution in [1.29, 1.82) is 0 Å². The summed E-state index contributed by atoms with van der Waals surface area (Å²) in [6, 6.07) is 5.94. The number of aromatic nitrogens is 2. The van der Waals surface area contributed by atoms with Crippen LogP contribution in [0.5, 0.6) is 0 Å². The second kappa shape index (κ2) is 6.02. The van der Waals surface area contributed by atoms with Crippen molar-refractivity contribution in [3.05, 3.63) is 52.0 Å². The SMILES string of the molecule is COC(=O)c1ccc(C2CCCCc3cncn32)c(Br)c1. The minimum Gasteiger partial charge on any atom is -0.465 e. The molecule has 0 fully saturated rings. The summed E-state index contributed by atoms with van der Waals surface area (Å²) in [7, 11) is 1.40. The van der Waals surface area contributed by atoms with E-state index in [1.54, 1.807) is 0 Å². The van der Waals surface area contributed by atoms with Gasteiger partial charge in [0.05, 0.1) is 25.0 Å². The number of imidazole rings is 1. The zero-order chi connectivity index (χ0) is 14.8. The molecule has 0 amide bonds. The van der Waals surface area contributed by atoms with Gasteiger partial charge in [-0.05, 0) is 37.0 Å². The molecule has 0 N–H and O–H groups in total. The molecule has 1 aromatic heterocycles. The van der Waals surface area contributed by atoms with Gasteiger partial charge in [-0.15, -0.1) is 0 Å². The highest BCUT2D eigenvalue weighted by molar-refractivity contribution is 9.10. The number of carbonyl (C=O) groups excluding carboxylic acids is 1. The molecule has 1 unspecified atom stereocenters. The zero-order valence-electron chi connectivity index (χ0n) is 11.9. The second-order valence-electron chi connectivity index (χ2n) is 5.28. The molecule has 5 heteroatoms. The van der Waals surface area contributed by atoms with Gasteiger partial charge in [-0.1, -0.05) is 28.4 Å². The van der Waals surface area contributed by atoms with E-state index in [1.165, 1.54) is 31.2 Å². The molecule has 0 radical (unpaired) electrons. The molecular weight excluding hydrogens is 332 g/mol. The largest absolute Gasteiger partial charge is 0.465 e. The molecular formula is C16H17BrN2O2. The van der Waals surface area contributed by atoms with Crippen LogP contribution in [-0.2, 0) is 11.2 Å². The standard InChI is InChI=1S/C16H17BrN2O2/c1-21-16(20)11-6-7-13(14(17)8-11)15-5-3-2-4-12-9-18-10-19(12)15/h6-10,15H,2-5H2,1H3. The van der Waals surface area contributed by atoms with E-state index in [1.807, 2.05) is 30.7 Å². The van der Waals surface area contributed by atoms with Gasteiger partial charge < -0.3 is 9.30 Å². The number of methoxy groups -OCH3 is 1. The van der Waals surface area contributed by atoms with Crippen LogP contribution in [0.4, 0.5) is 0 Å². The van der Waals surface area contributed by atoms with Gasteiger partial charge >= 0.3 is 5.97 Å². The topological polar surface area (TPSA) is 44.1 Å². The lowest BCUT2D eigenvalue weighted by Gasteiger charge is -2.20. The van der Waals surface area contributed by atoms with Gasteiger partial charge in [0, 0.05) is 16.4 Å². The lowest BCUT2D eigenvalue weighted by molar-refractivity contribution is 0.0600. The van der Waals surface area contributed by atoms with Gasteiger partial charge in [0.25, 0.3) is 0 Å². The lowest BCUT2D eigenvalue weighted by Crippen LogP contribution is -2.12. The predicted molar refractivity (Wildman–Crippen MR) is 83.4 cm³/mol. The minimum atomic E-state index is -0.313. The Balaban J connectivity index is 1.99. The number of hydrogen-bond acceptors (Lipinski definition) is 3. The van der Waals surface area contributed by atoms with Crippen molar-refractivity contribution in [2.45, 2.75) is 31.7 Å². The van der Waals surface area contributed by atoms with Crippen LogP contribution in [-0.4, -0.2) is 22.6 Å². The molecule has 0 aliphatic carbocycles. The summed E-state index contributed by atoms with van der Waals surface area (Å²) in [6.07, 6.45) is 8.41. The average Bonchev–Trinajstić information content (AvgIpc) is 2.87. The van der Waals surface area contributed by atoms with Crippen molar-refractivity contribution in [1.82, 2.24) is 9.55 Å². The number of carbonyl (C=O) groups is 1. The molecule has 1 aliphatic rings. The van der Waals surface area contributed by atoms with Crippen LogP contribution in [0, 0.1) is 0 Å². The zero-order valence-corrected chi connectivity index (χ0v) is 13.5. The maximum Gasteiger partial charge on any atom is 0.337 e. The fourth-order valence-corrected chi connectivity index (χ4v) is 3.58. The average molecular weight is 349 g/mol. The highest BCUT2D eigenvalue weighted by Crippen LogP contribution is 2.34. The Morgan fingerprint density at radius 2 is 2.29 bits per heavy atom. The van der Waals surface area contributed by atoms with E-state index < -0.39 is 0 Å². The molecule has 2 heterocycles. The summed E-state index contributed by atoms with van der Waals surface area (Å²) in [5, 5.41) is 0. The Labute approximate surface area is 132 Å². The Bertz CT molecular complexity index is 666. The van der Waals surface area contributed by atoms with E-state index in [0.29, 0.717) is 5.56 Å². The maximum absolute atomic E-state index is 11.6. The van der Waals surface area contributed by atoms with E-state index in [9.17, 15) is 4.79 Å². The molecule has 21 heavy (non-hydrogen) atoms. The van der Waals surface area contributed by atoms with Crippen molar-refractivity contribution in [2.24, 2.45) is 0 Å². The number of benzene rings is 1. The third kappa shape index (κ3) is 2.75. The Morgan fingerprint density at radius 3 is 3.05 bits per heavy atom. The van der Waals surface area contributed by atoms with Crippen LogP contribution in [0.1, 0.15) is 46.9 Å². The smallest absolute Gasteiger partial charge is 0.337 e. The van der Waals surface area contributed by atoms with Gasteiger partial charge in [0.1, 0.15) is 0 Å². The van der Waals surface area contributed by atoms with E-state index in [-0.39, 0.29) is 12.0 Å². The molecule has 0 saturated heterocycles. The minimum absolute atomic E-state index is 0.270. The summed E-state index contributed by atoms with van der Waals surface area (Å²) in [5.41, 5.74) is 3.03. The second-order valence-corrected chi connectivity index (χ2v) is 6.14. The number of hydrogen-bond donors (Lipinski definition) is 0. The first-order valence-corrected chi connectivity index (χ1v) is 7.88. The lowest BCUT2D eigenvalue weighted by atomic mass is 10.0. The summed E-state index contributed by atoms with van der Waals surface area (Å²) in [5.74, 6) is -0.313. The molecule has 4 nitrogen and oxygen atoms in total. The first kappa shape index (κ1) is 14.3. The van der Waals surface area contributed by atoms with Crippen LogP contribution >= 0.6 is 15.9 Å². The molecule has 0 bridgehead atoms. The van der Waals surface area contributed by atoms with Crippen molar-refractivity contribution >= 4 is 21.9 Å². The van der Waals surface area contributed by atoms with Gasteiger partial charge in [-0.3, -0.25) is 0 Å². The number of rotatable bonds is 2. The summed E-state index contributed by atoms with van der Waals surface area (Å²) in [6.45, 7) is 0. The van der Waals surface area contributed by atoms with Crippen molar-refractivity contribution < 1.29 is 9.53 Å². The first-order valence-electron chi connectivity index (χ1n) is 7.09. The molecule has 1 aliphatic heterocycles. The van der Waals surface area contributed by atoms with Crippen molar-refractivity contribution in [3.8, 4) is 0 Å². The summed E-state index contributed by atoms with van der Waals surface area (Å²) in [4.78, 5) is 15.9. The predicted octanol–water partition coefficient (Wildman–Crippen LogP) is 3.75. The van der Waals surface area contributed by atoms with E-state index in [0.717, 1.165) is 17.3 Å². The Morgan fingerprint density at radius 1 is 1.43 bits per heavy atom. The highest BCUT2D eigenvalue weighted by Gasteiger charge is 2.22. The van der Waals surface area contributed by atoms with E-state index in [2.05, 4.69) is 25.5 Å². The molecule has 110 valence electrons. The maximum atomic E-state index is 11.6. The quantitative estimate of drug-likeness (QED) is 0.776. The number of esters is 1. The van der Waals surface area contributed by atoms with Gasteiger partial charge in [0.2, 0.25) is 0 Å². The number of nitrogens with zero attached hydrogens (tertiary/aromatic N) is 2. The monoisotopic (exact) mass is 348 g/mol. The van der Waals surface area contributed by atoms with Crippen LogP contribution < -0.4 is 0 Å². The van der Waals surface area contributed by atoms with E-state index >= 15 is 0 Å². The highest BCUT2D eigenvalue weighted by atomic mass is 79.9. The first-order chi connectivity index (χ1) is 10.2. The van der Waals surface area contributed by atoms with Gasteiger partial charge in [-0.2, -0.15) is 0 Å². The molecule has 1 atom stereocenters. The summed E-state index contributed by atoms with van der Waals surface area (Å²) < 4.78 is 7.96. The normalized spacial score (nSPS) is 17.9. The Kier molecular flexibility index (Phi) is 4.10. The molecule has 1 aromatic carbocycles. The number of fused-ring (bicyclic) bond motifs is 1. The van der Waals surface area contributed by atoms with Crippen LogP contribution in [0.25, 0.3) is 0 Å². The van der Waals surface area contributed by atoms with Crippen molar-refractivity contribution in [3.63, 3.8) is 0 Å². The number of ether oxygens (including phenoxy) is 1. The molecule has 2 aromatic rings. The third-order valence-corrected chi connectivity index (χ3v) is 4.71. The number of aryl methyl sites for hydroxylation is 1. The van der Waals surface area contributed by atoms with Crippen LogP contribution in [0.2, 0.25) is 0 Å². The van der Waals surface area contributed by atoms with Gasteiger partial charge in [-0.25, -0.2) is 9.78 Å². The number of halogens is 1. The summed E-state index contributed by atoms with van der Waals surface area (Å²) >= 11 is 3.60. The van der Waals surface area contributed by atoms with E-state index in [4.69, 9.17) is 4.74 Å². The van der Waals surface area contributed by atoms with Crippen LogP contribution in [0.15, 0.2) is 35.2 Å². The fraction of sp³-hybridized carbons (Fsp3) is 0.375. The molecule has 0 saturated carbocycles.